The molecule has 0 fully saturated rings. The van der Waals surface area contributed by atoms with Crippen molar-refractivity contribution in [1.82, 2.24) is 0 Å². The van der Waals surface area contributed by atoms with Crippen molar-refractivity contribution in [3.63, 3.8) is 0 Å². The fourth-order valence-electron chi connectivity index (χ4n) is 6.95. The molecular formula is C46H31NS. The highest BCUT2D eigenvalue weighted by Crippen LogP contribution is 2.44. The zero-order valence-electron chi connectivity index (χ0n) is 26.3. The van der Waals surface area contributed by atoms with E-state index in [4.69, 9.17) is 0 Å². The predicted molar refractivity (Wildman–Crippen MR) is 208 cm³/mol. The van der Waals surface area contributed by atoms with Crippen LogP contribution in [0.2, 0.25) is 0 Å². The molecule has 226 valence electrons. The summed E-state index contributed by atoms with van der Waals surface area (Å²) in [6.45, 7) is 0. The first-order chi connectivity index (χ1) is 23.8. The van der Waals surface area contributed by atoms with E-state index in [1.165, 1.54) is 64.3 Å². The molecule has 0 unspecified atom stereocenters. The van der Waals surface area contributed by atoms with Crippen LogP contribution < -0.4 is 4.90 Å². The van der Waals surface area contributed by atoms with Crippen molar-refractivity contribution in [2.45, 2.75) is 0 Å². The Balaban J connectivity index is 1.23. The molecule has 0 aliphatic heterocycles. The van der Waals surface area contributed by atoms with Gasteiger partial charge >= 0.3 is 0 Å². The molecule has 0 spiro atoms. The van der Waals surface area contributed by atoms with Crippen LogP contribution in [0.25, 0.3) is 64.3 Å². The maximum absolute atomic E-state index is 2.41. The van der Waals surface area contributed by atoms with E-state index in [0.29, 0.717) is 0 Å². The lowest BCUT2D eigenvalue weighted by Gasteiger charge is -2.27. The molecule has 9 rings (SSSR count). The Morgan fingerprint density at radius 1 is 0.312 bits per heavy atom. The second-order valence-electron chi connectivity index (χ2n) is 12.2. The minimum atomic E-state index is 1.11. The van der Waals surface area contributed by atoms with Crippen molar-refractivity contribution < 1.29 is 0 Å². The third-order valence-corrected chi connectivity index (χ3v) is 10.4. The molecule has 0 N–H and O–H groups in total. The molecule has 8 aromatic carbocycles. The largest absolute Gasteiger partial charge is 0.310 e. The lowest BCUT2D eigenvalue weighted by Crippen LogP contribution is -2.10. The van der Waals surface area contributed by atoms with Crippen LogP contribution in [0.15, 0.2) is 188 Å². The molecule has 0 atom stereocenters. The van der Waals surface area contributed by atoms with E-state index in [1.54, 1.807) is 0 Å². The molecule has 0 aliphatic carbocycles. The van der Waals surface area contributed by atoms with E-state index in [-0.39, 0.29) is 0 Å². The van der Waals surface area contributed by atoms with Crippen LogP contribution >= 0.6 is 11.3 Å². The molecule has 0 aliphatic rings. The monoisotopic (exact) mass is 629 g/mol. The van der Waals surface area contributed by atoms with Gasteiger partial charge in [-0.05, 0) is 98.8 Å². The molecule has 2 heteroatoms. The smallest absolute Gasteiger partial charge is 0.0468 e. The van der Waals surface area contributed by atoms with Gasteiger partial charge in [0.25, 0.3) is 0 Å². The number of fused-ring (bicyclic) bond motifs is 4. The number of thiophene rings is 1. The van der Waals surface area contributed by atoms with Gasteiger partial charge in [-0.15, -0.1) is 11.3 Å². The van der Waals surface area contributed by atoms with Crippen molar-refractivity contribution in [3.05, 3.63) is 188 Å². The Bertz CT molecular complexity index is 2530. The zero-order valence-corrected chi connectivity index (χ0v) is 27.1. The second-order valence-corrected chi connectivity index (χ2v) is 13.2. The fraction of sp³-hybridized carbons (Fsp3) is 0. The average Bonchev–Trinajstić information content (AvgIpc) is 3.53. The Hall–Kier alpha value is -5.96. The molecular weight excluding hydrogens is 599 g/mol. The van der Waals surface area contributed by atoms with E-state index in [0.717, 1.165) is 17.1 Å². The summed E-state index contributed by atoms with van der Waals surface area (Å²) in [7, 11) is 0. The lowest BCUT2D eigenvalue weighted by molar-refractivity contribution is 1.28. The summed E-state index contributed by atoms with van der Waals surface area (Å²) in [4.78, 5) is 2.36. The number of rotatable bonds is 6. The third kappa shape index (κ3) is 5.04. The van der Waals surface area contributed by atoms with Gasteiger partial charge in [0.2, 0.25) is 0 Å². The molecule has 0 radical (unpaired) electrons. The van der Waals surface area contributed by atoms with Gasteiger partial charge in [0.1, 0.15) is 0 Å². The van der Waals surface area contributed by atoms with Gasteiger partial charge in [-0.1, -0.05) is 133 Å². The summed E-state index contributed by atoms with van der Waals surface area (Å²) in [6, 6.07) is 68.1. The highest BCUT2D eigenvalue weighted by molar-refractivity contribution is 7.25. The molecule has 0 saturated carbocycles. The highest BCUT2D eigenvalue weighted by Gasteiger charge is 2.18. The maximum atomic E-state index is 2.41. The molecule has 0 bridgehead atoms. The van der Waals surface area contributed by atoms with Gasteiger partial charge in [0, 0.05) is 37.2 Å². The number of hydrogen-bond donors (Lipinski definition) is 0. The van der Waals surface area contributed by atoms with E-state index in [9.17, 15) is 0 Å². The van der Waals surface area contributed by atoms with Crippen molar-refractivity contribution in [2.75, 3.05) is 4.90 Å². The number of hydrogen-bond acceptors (Lipinski definition) is 2. The summed E-state index contributed by atoms with van der Waals surface area (Å²) in [5.41, 5.74) is 10.6. The first kappa shape index (κ1) is 28.3. The summed E-state index contributed by atoms with van der Waals surface area (Å²) in [6.07, 6.45) is 0. The van der Waals surface area contributed by atoms with E-state index >= 15 is 0 Å². The Kier molecular flexibility index (Phi) is 7.07. The average molecular weight is 630 g/mol. The van der Waals surface area contributed by atoms with Gasteiger partial charge in [-0.2, -0.15) is 0 Å². The summed E-state index contributed by atoms with van der Waals surface area (Å²) < 4.78 is 2.66. The van der Waals surface area contributed by atoms with Gasteiger partial charge in [-0.25, -0.2) is 0 Å². The lowest BCUT2D eigenvalue weighted by atomic mass is 9.90. The zero-order chi connectivity index (χ0) is 31.9. The molecule has 0 amide bonds. The minimum absolute atomic E-state index is 1.11. The topological polar surface area (TPSA) is 3.24 Å². The van der Waals surface area contributed by atoms with Crippen molar-refractivity contribution in [1.29, 1.82) is 0 Å². The van der Waals surface area contributed by atoms with E-state index < -0.39 is 0 Å². The van der Waals surface area contributed by atoms with Crippen LogP contribution in [0, 0.1) is 0 Å². The molecule has 9 aromatic rings. The standard InChI is InChI=1S/C46H31NS/c1-4-13-32(14-5-1)33-23-25-37(26-24-33)47(36-18-8-3-9-19-36)38-27-28-40(42(30-38)34-15-6-2-7-16-34)39-21-12-17-35-29-46-44(31-43(35)39)41-20-10-11-22-45(41)48-46/h1-31H. The van der Waals surface area contributed by atoms with Crippen LogP contribution in [-0.2, 0) is 0 Å². The first-order valence-electron chi connectivity index (χ1n) is 16.3. The van der Waals surface area contributed by atoms with Gasteiger partial charge in [0.05, 0.1) is 0 Å². The predicted octanol–water partition coefficient (Wildman–Crippen LogP) is 13.7. The quantitative estimate of drug-likeness (QED) is 0.177. The molecule has 1 aromatic heterocycles. The van der Waals surface area contributed by atoms with Crippen LogP contribution in [0.1, 0.15) is 0 Å². The molecule has 48 heavy (non-hydrogen) atoms. The Morgan fingerprint density at radius 3 is 1.71 bits per heavy atom. The van der Waals surface area contributed by atoms with E-state index in [2.05, 4.69) is 193 Å². The fourth-order valence-corrected chi connectivity index (χ4v) is 8.09. The number of benzene rings is 8. The maximum Gasteiger partial charge on any atom is 0.0468 e. The normalized spacial score (nSPS) is 11.3. The van der Waals surface area contributed by atoms with Gasteiger partial charge in [0.15, 0.2) is 0 Å². The Labute approximate surface area is 284 Å². The highest BCUT2D eigenvalue weighted by atomic mass is 32.1. The molecule has 1 nitrogen and oxygen atoms in total. The number of anilines is 3. The van der Waals surface area contributed by atoms with Crippen molar-refractivity contribution in [3.8, 4) is 33.4 Å². The van der Waals surface area contributed by atoms with Crippen LogP contribution in [-0.4, -0.2) is 0 Å². The van der Waals surface area contributed by atoms with Crippen molar-refractivity contribution >= 4 is 59.3 Å². The van der Waals surface area contributed by atoms with Crippen LogP contribution in [0.3, 0.4) is 0 Å². The van der Waals surface area contributed by atoms with Crippen LogP contribution in [0.5, 0.6) is 0 Å². The summed E-state index contributed by atoms with van der Waals surface area (Å²) in [5.74, 6) is 0. The van der Waals surface area contributed by atoms with Crippen molar-refractivity contribution in [2.24, 2.45) is 0 Å². The molecule has 0 saturated heterocycles. The van der Waals surface area contributed by atoms with Crippen LogP contribution in [0.4, 0.5) is 17.1 Å². The number of para-hydroxylation sites is 1. The minimum Gasteiger partial charge on any atom is -0.310 e. The first-order valence-corrected chi connectivity index (χ1v) is 17.2. The second kappa shape index (κ2) is 12.0. The summed E-state index contributed by atoms with van der Waals surface area (Å²) in [5, 5.41) is 5.18. The third-order valence-electron chi connectivity index (χ3n) is 9.26. The van der Waals surface area contributed by atoms with E-state index in [1.807, 2.05) is 11.3 Å². The number of nitrogens with zero attached hydrogens (tertiary/aromatic N) is 1. The molecule has 1 heterocycles. The Morgan fingerprint density at radius 2 is 0.938 bits per heavy atom. The van der Waals surface area contributed by atoms with Gasteiger partial charge in [-0.3, -0.25) is 0 Å². The summed E-state index contributed by atoms with van der Waals surface area (Å²) >= 11 is 1.87. The SMILES string of the molecule is c1ccc(-c2ccc(N(c3ccccc3)c3ccc(-c4cccc5cc6sc7ccccc7c6cc45)c(-c4ccccc4)c3)cc2)cc1. The van der Waals surface area contributed by atoms with Gasteiger partial charge < -0.3 is 4.90 Å².